The first-order valence-corrected chi connectivity index (χ1v) is 8.68. The lowest BCUT2D eigenvalue weighted by Crippen LogP contribution is -2.31. The number of halogens is 5. The van der Waals surface area contributed by atoms with E-state index in [0.29, 0.717) is 5.02 Å². The minimum Gasteiger partial charge on any atom is -0.326 e. The van der Waals surface area contributed by atoms with Crippen molar-refractivity contribution in [3.63, 3.8) is 0 Å². The number of anilines is 1. The Kier molecular flexibility index (Phi) is 6.74. The molecule has 0 spiro atoms. The van der Waals surface area contributed by atoms with Gasteiger partial charge in [0.15, 0.2) is 0 Å². The fraction of sp³-hybridized carbons (Fsp3) is 0.158. The van der Waals surface area contributed by atoms with Crippen molar-refractivity contribution in [3.05, 3.63) is 75.9 Å². The van der Waals surface area contributed by atoms with Gasteiger partial charge in [0.2, 0.25) is 5.91 Å². The Morgan fingerprint density at radius 1 is 1.04 bits per heavy atom. The van der Waals surface area contributed by atoms with E-state index in [0.717, 1.165) is 24.3 Å². The normalized spacial score (nSPS) is 12.2. The van der Waals surface area contributed by atoms with Gasteiger partial charge in [-0.3, -0.25) is 9.59 Å². The standard InChI is InChI=1S/C19H15Cl2F3N2O2/c1-10(11(2)25-18(28)12-3-8-15(20)16(21)9-12)17(27)26-14-6-4-13(5-7-14)19(22,23)24/h3-10H,2H2,1H3,(H,25,28)(H,26,27)/t10-/m1/s1. The van der Waals surface area contributed by atoms with E-state index in [1.54, 1.807) is 0 Å². The molecule has 0 fully saturated rings. The van der Waals surface area contributed by atoms with Crippen LogP contribution in [0.3, 0.4) is 0 Å². The third kappa shape index (κ3) is 5.50. The molecule has 0 aliphatic heterocycles. The van der Waals surface area contributed by atoms with Gasteiger partial charge in [-0.15, -0.1) is 0 Å². The van der Waals surface area contributed by atoms with Crippen LogP contribution >= 0.6 is 23.2 Å². The lowest BCUT2D eigenvalue weighted by atomic mass is 10.1. The van der Waals surface area contributed by atoms with E-state index < -0.39 is 29.5 Å². The van der Waals surface area contributed by atoms with Gasteiger partial charge in [-0.25, -0.2) is 0 Å². The second-order valence-corrected chi connectivity index (χ2v) is 6.71. The summed E-state index contributed by atoms with van der Waals surface area (Å²) in [4.78, 5) is 24.5. The van der Waals surface area contributed by atoms with Crippen LogP contribution in [0.2, 0.25) is 10.0 Å². The molecule has 0 bridgehead atoms. The zero-order valence-corrected chi connectivity index (χ0v) is 16.0. The molecule has 28 heavy (non-hydrogen) atoms. The van der Waals surface area contributed by atoms with Gasteiger partial charge in [0.25, 0.3) is 5.91 Å². The highest BCUT2D eigenvalue weighted by Gasteiger charge is 2.30. The van der Waals surface area contributed by atoms with Crippen molar-refractivity contribution < 1.29 is 22.8 Å². The number of carbonyl (C=O) groups is 2. The summed E-state index contributed by atoms with van der Waals surface area (Å²) in [5, 5.41) is 5.46. The van der Waals surface area contributed by atoms with Gasteiger partial charge in [0.1, 0.15) is 0 Å². The Balaban J connectivity index is 1.99. The number of amides is 2. The molecule has 2 aromatic carbocycles. The average molecular weight is 431 g/mol. The van der Waals surface area contributed by atoms with E-state index in [1.165, 1.54) is 25.1 Å². The van der Waals surface area contributed by atoms with Crippen LogP contribution in [0.5, 0.6) is 0 Å². The molecule has 1 atom stereocenters. The van der Waals surface area contributed by atoms with Crippen molar-refractivity contribution in [2.45, 2.75) is 13.1 Å². The van der Waals surface area contributed by atoms with Gasteiger partial charge in [0.05, 0.1) is 21.5 Å². The molecule has 0 radical (unpaired) electrons. The lowest BCUT2D eigenvalue weighted by molar-refractivity contribution is -0.137. The zero-order chi connectivity index (χ0) is 21.1. The van der Waals surface area contributed by atoms with Crippen molar-refractivity contribution in [1.82, 2.24) is 5.32 Å². The quantitative estimate of drug-likeness (QED) is 0.654. The predicted molar refractivity (Wildman–Crippen MR) is 102 cm³/mol. The minimum atomic E-state index is -4.46. The molecular weight excluding hydrogens is 416 g/mol. The molecule has 2 aromatic rings. The number of hydrogen-bond acceptors (Lipinski definition) is 2. The Morgan fingerprint density at radius 2 is 1.64 bits per heavy atom. The molecule has 2 amide bonds. The summed E-state index contributed by atoms with van der Waals surface area (Å²) >= 11 is 11.7. The Bertz CT molecular complexity index is 912. The van der Waals surface area contributed by atoms with Gasteiger partial charge in [0, 0.05) is 16.9 Å². The SMILES string of the molecule is C=C(NC(=O)c1ccc(Cl)c(Cl)c1)[C@@H](C)C(=O)Nc1ccc(C(F)(F)F)cc1. The first-order valence-electron chi connectivity index (χ1n) is 7.92. The molecule has 0 heterocycles. The number of benzene rings is 2. The van der Waals surface area contributed by atoms with Gasteiger partial charge in [-0.1, -0.05) is 29.8 Å². The average Bonchev–Trinajstić information content (AvgIpc) is 2.62. The maximum atomic E-state index is 12.6. The molecule has 0 unspecified atom stereocenters. The summed E-state index contributed by atoms with van der Waals surface area (Å²) in [5.41, 5.74) is -0.295. The van der Waals surface area contributed by atoms with Crippen LogP contribution in [-0.4, -0.2) is 11.8 Å². The summed E-state index contributed by atoms with van der Waals surface area (Å²) in [6.45, 7) is 5.17. The molecular formula is C19H15Cl2F3N2O2. The zero-order valence-electron chi connectivity index (χ0n) is 14.5. The second-order valence-electron chi connectivity index (χ2n) is 5.89. The molecule has 148 valence electrons. The van der Waals surface area contributed by atoms with E-state index in [2.05, 4.69) is 17.2 Å². The molecule has 2 N–H and O–H groups in total. The topological polar surface area (TPSA) is 58.2 Å². The summed E-state index contributed by atoms with van der Waals surface area (Å²) in [5.74, 6) is -1.91. The predicted octanol–water partition coefficient (Wildman–Crippen LogP) is 5.53. The monoisotopic (exact) mass is 430 g/mol. The first kappa shape index (κ1) is 21.8. The maximum absolute atomic E-state index is 12.6. The van der Waals surface area contributed by atoms with Gasteiger partial charge in [-0.2, -0.15) is 13.2 Å². The fourth-order valence-corrected chi connectivity index (χ4v) is 2.41. The largest absolute Gasteiger partial charge is 0.416 e. The first-order chi connectivity index (χ1) is 13.0. The smallest absolute Gasteiger partial charge is 0.326 e. The van der Waals surface area contributed by atoms with Crippen LogP contribution in [0.15, 0.2) is 54.7 Å². The van der Waals surface area contributed by atoms with Gasteiger partial charge < -0.3 is 10.6 Å². The van der Waals surface area contributed by atoms with Crippen molar-refractivity contribution in [2.75, 3.05) is 5.32 Å². The number of hydrogen-bond donors (Lipinski definition) is 2. The molecule has 0 saturated carbocycles. The molecule has 0 aliphatic carbocycles. The van der Waals surface area contributed by atoms with E-state index in [1.807, 2.05) is 0 Å². The molecule has 4 nitrogen and oxygen atoms in total. The van der Waals surface area contributed by atoms with Crippen LogP contribution < -0.4 is 10.6 Å². The van der Waals surface area contributed by atoms with Crippen LogP contribution in [-0.2, 0) is 11.0 Å². The van der Waals surface area contributed by atoms with E-state index >= 15 is 0 Å². The third-order valence-electron chi connectivity index (χ3n) is 3.85. The summed E-state index contributed by atoms with van der Waals surface area (Å²) in [7, 11) is 0. The van der Waals surface area contributed by atoms with Gasteiger partial charge in [-0.05, 0) is 49.4 Å². The number of alkyl halides is 3. The van der Waals surface area contributed by atoms with Gasteiger partial charge >= 0.3 is 6.18 Å². The lowest BCUT2D eigenvalue weighted by Gasteiger charge is -2.16. The Hall–Kier alpha value is -2.51. The highest BCUT2D eigenvalue weighted by atomic mass is 35.5. The minimum absolute atomic E-state index is 0.112. The summed E-state index contributed by atoms with van der Waals surface area (Å²) < 4.78 is 37.7. The van der Waals surface area contributed by atoms with Crippen LogP contribution in [0, 0.1) is 5.92 Å². The molecule has 2 rings (SSSR count). The van der Waals surface area contributed by atoms with E-state index in [9.17, 15) is 22.8 Å². The summed E-state index contributed by atoms with van der Waals surface area (Å²) in [6, 6.07) is 8.31. The van der Waals surface area contributed by atoms with E-state index in [-0.39, 0.29) is 22.0 Å². The molecule has 9 heteroatoms. The highest BCUT2D eigenvalue weighted by Crippen LogP contribution is 2.30. The molecule has 0 aliphatic rings. The highest BCUT2D eigenvalue weighted by molar-refractivity contribution is 6.42. The maximum Gasteiger partial charge on any atom is 0.416 e. The van der Waals surface area contributed by atoms with Crippen molar-refractivity contribution in [1.29, 1.82) is 0 Å². The van der Waals surface area contributed by atoms with Crippen molar-refractivity contribution in [3.8, 4) is 0 Å². The number of carbonyl (C=O) groups excluding carboxylic acids is 2. The number of nitrogens with one attached hydrogen (secondary N) is 2. The van der Waals surface area contributed by atoms with Crippen LogP contribution in [0.4, 0.5) is 18.9 Å². The van der Waals surface area contributed by atoms with Crippen LogP contribution in [0.25, 0.3) is 0 Å². The molecule has 0 saturated heterocycles. The summed E-state index contributed by atoms with van der Waals surface area (Å²) in [6.07, 6.45) is -4.46. The molecule has 0 aromatic heterocycles. The third-order valence-corrected chi connectivity index (χ3v) is 4.59. The van der Waals surface area contributed by atoms with E-state index in [4.69, 9.17) is 23.2 Å². The second kappa shape index (κ2) is 8.67. The number of rotatable bonds is 5. The van der Waals surface area contributed by atoms with Crippen molar-refractivity contribution >= 4 is 40.7 Å². The Labute approximate surface area is 169 Å². The fourth-order valence-electron chi connectivity index (χ4n) is 2.11. The Morgan fingerprint density at radius 3 is 2.18 bits per heavy atom. The van der Waals surface area contributed by atoms with Crippen molar-refractivity contribution in [2.24, 2.45) is 5.92 Å². The van der Waals surface area contributed by atoms with Crippen LogP contribution in [0.1, 0.15) is 22.8 Å².